The number of rotatable bonds is 8. The van der Waals surface area contributed by atoms with Gasteiger partial charge in [0.2, 0.25) is 5.91 Å². The largest absolute Gasteiger partial charge is 0.383 e. The van der Waals surface area contributed by atoms with Crippen molar-refractivity contribution >= 4 is 17.6 Å². The zero-order valence-electron chi connectivity index (χ0n) is 17.7. The number of likely N-dealkylation sites (tertiary alicyclic amines) is 1. The van der Waals surface area contributed by atoms with Crippen molar-refractivity contribution in [3.63, 3.8) is 0 Å². The predicted octanol–water partition coefficient (Wildman–Crippen LogP) is 2.03. The van der Waals surface area contributed by atoms with Crippen LogP contribution in [0.3, 0.4) is 0 Å². The van der Waals surface area contributed by atoms with Gasteiger partial charge in [-0.15, -0.1) is 0 Å². The smallest absolute Gasteiger partial charge is 0.225 e. The summed E-state index contributed by atoms with van der Waals surface area (Å²) in [6.07, 6.45) is 2.87. The molecule has 1 atom stereocenters. The highest BCUT2D eigenvalue weighted by Crippen LogP contribution is 2.31. The van der Waals surface area contributed by atoms with Crippen LogP contribution in [0.4, 0.5) is 5.69 Å². The molecule has 7 nitrogen and oxygen atoms in total. The first-order valence-corrected chi connectivity index (χ1v) is 10.8. The molecule has 3 N–H and O–H groups in total. The highest BCUT2D eigenvalue weighted by atomic mass is 16.5. The average Bonchev–Trinajstić information content (AvgIpc) is 2.74. The topological polar surface area (TPSA) is 78.0 Å². The van der Waals surface area contributed by atoms with Crippen molar-refractivity contribution in [1.82, 2.24) is 15.5 Å². The molecule has 2 aliphatic rings. The zero-order valence-corrected chi connectivity index (χ0v) is 17.7. The number of benzene rings is 1. The first-order valence-electron chi connectivity index (χ1n) is 10.8. The molecule has 2 aliphatic heterocycles. The van der Waals surface area contributed by atoms with E-state index in [0.29, 0.717) is 18.9 Å². The maximum absolute atomic E-state index is 12.0. The Morgan fingerprint density at radius 2 is 2.07 bits per heavy atom. The molecule has 0 radical (unpaired) electrons. The molecule has 0 bridgehead atoms. The summed E-state index contributed by atoms with van der Waals surface area (Å²) < 4.78 is 5.18. The van der Waals surface area contributed by atoms with Crippen LogP contribution in [0.2, 0.25) is 0 Å². The van der Waals surface area contributed by atoms with Gasteiger partial charge in [-0.3, -0.25) is 9.79 Å². The van der Waals surface area contributed by atoms with Crippen molar-refractivity contribution in [2.24, 2.45) is 10.9 Å². The summed E-state index contributed by atoms with van der Waals surface area (Å²) in [6, 6.07) is 8.06. The second-order valence-corrected chi connectivity index (χ2v) is 7.91. The van der Waals surface area contributed by atoms with Crippen LogP contribution in [0.5, 0.6) is 0 Å². The number of carbonyl (C=O) groups is 1. The highest BCUT2D eigenvalue weighted by Gasteiger charge is 2.25. The lowest BCUT2D eigenvalue weighted by molar-refractivity contribution is -0.116. The fourth-order valence-electron chi connectivity index (χ4n) is 4.08. The standard InChI is InChI=1S/C22H35N5O2/c1-3-23-22(24-15-17-8-10-27(11-9-17)12-13-29-2)25-16-18-14-21(28)26-20-7-5-4-6-19(18)20/h4-7,17-18H,3,8-16H2,1-2H3,(H,26,28)(H2,23,24,25). The van der Waals surface area contributed by atoms with Crippen molar-refractivity contribution in [1.29, 1.82) is 0 Å². The van der Waals surface area contributed by atoms with Gasteiger partial charge >= 0.3 is 0 Å². The Morgan fingerprint density at radius 3 is 2.83 bits per heavy atom. The molecular formula is C22H35N5O2. The molecule has 7 heteroatoms. The van der Waals surface area contributed by atoms with Crippen LogP contribution in [0.15, 0.2) is 29.3 Å². The Kier molecular flexibility index (Phi) is 8.31. The summed E-state index contributed by atoms with van der Waals surface area (Å²) >= 11 is 0. The number of hydrogen-bond acceptors (Lipinski definition) is 4. The number of nitrogens with one attached hydrogen (secondary N) is 3. The number of fused-ring (bicyclic) bond motifs is 1. The van der Waals surface area contributed by atoms with E-state index in [2.05, 4.69) is 33.8 Å². The van der Waals surface area contributed by atoms with Crippen LogP contribution in [-0.4, -0.2) is 69.8 Å². The van der Waals surface area contributed by atoms with E-state index >= 15 is 0 Å². The predicted molar refractivity (Wildman–Crippen MR) is 117 cm³/mol. The molecule has 1 fully saturated rings. The van der Waals surface area contributed by atoms with Crippen LogP contribution >= 0.6 is 0 Å². The molecule has 1 aromatic rings. The number of guanidine groups is 1. The first kappa shape index (κ1) is 21.6. The number of anilines is 1. The Bertz CT molecular complexity index is 686. The Labute approximate surface area is 174 Å². The summed E-state index contributed by atoms with van der Waals surface area (Å²) in [7, 11) is 1.76. The van der Waals surface area contributed by atoms with Crippen molar-refractivity contribution < 1.29 is 9.53 Å². The quantitative estimate of drug-likeness (QED) is 0.459. The van der Waals surface area contributed by atoms with E-state index in [9.17, 15) is 4.79 Å². The number of nitrogens with zero attached hydrogens (tertiary/aromatic N) is 2. The molecule has 3 rings (SSSR count). The van der Waals surface area contributed by atoms with Crippen molar-refractivity contribution in [3.8, 4) is 0 Å². The van der Waals surface area contributed by atoms with Crippen LogP contribution in [0, 0.1) is 5.92 Å². The van der Waals surface area contributed by atoms with E-state index in [0.717, 1.165) is 51.0 Å². The normalized spacial score (nSPS) is 20.8. The van der Waals surface area contributed by atoms with E-state index in [4.69, 9.17) is 9.73 Å². The van der Waals surface area contributed by atoms with Gasteiger partial charge < -0.3 is 25.6 Å². The number of para-hydroxylation sites is 1. The lowest BCUT2D eigenvalue weighted by atomic mass is 9.90. The van der Waals surface area contributed by atoms with Crippen LogP contribution in [-0.2, 0) is 9.53 Å². The molecule has 0 saturated carbocycles. The van der Waals surface area contributed by atoms with E-state index < -0.39 is 0 Å². The number of ether oxygens (including phenoxy) is 1. The maximum Gasteiger partial charge on any atom is 0.225 e. The number of amides is 1. The van der Waals surface area contributed by atoms with Gasteiger partial charge in [-0.1, -0.05) is 18.2 Å². The van der Waals surface area contributed by atoms with Crippen LogP contribution in [0.25, 0.3) is 0 Å². The number of piperidine rings is 1. The van der Waals surface area contributed by atoms with E-state index in [-0.39, 0.29) is 11.8 Å². The fraction of sp³-hybridized carbons (Fsp3) is 0.636. The first-order chi connectivity index (χ1) is 14.2. The Hall–Kier alpha value is -2.12. The van der Waals surface area contributed by atoms with Crippen molar-refractivity contribution in [3.05, 3.63) is 29.8 Å². The molecule has 2 heterocycles. The molecule has 0 spiro atoms. The van der Waals surface area contributed by atoms with E-state index in [1.165, 1.54) is 18.4 Å². The molecule has 160 valence electrons. The highest BCUT2D eigenvalue weighted by molar-refractivity contribution is 5.94. The van der Waals surface area contributed by atoms with Gasteiger partial charge in [0.05, 0.1) is 6.61 Å². The second-order valence-electron chi connectivity index (χ2n) is 7.91. The van der Waals surface area contributed by atoms with Crippen LogP contribution in [0.1, 0.15) is 37.7 Å². The average molecular weight is 402 g/mol. The van der Waals surface area contributed by atoms with Gasteiger partial charge in [0.1, 0.15) is 0 Å². The third kappa shape index (κ3) is 6.44. The van der Waals surface area contributed by atoms with Gasteiger partial charge in [-0.05, 0) is 50.4 Å². The molecule has 1 saturated heterocycles. The fourth-order valence-corrected chi connectivity index (χ4v) is 4.08. The minimum atomic E-state index is 0.0812. The molecule has 0 aliphatic carbocycles. The molecular weight excluding hydrogens is 366 g/mol. The summed E-state index contributed by atoms with van der Waals surface area (Å²) in [5.41, 5.74) is 2.12. The van der Waals surface area contributed by atoms with Gasteiger partial charge in [-0.2, -0.15) is 0 Å². The molecule has 1 amide bonds. The maximum atomic E-state index is 12.0. The molecule has 0 aromatic heterocycles. The van der Waals surface area contributed by atoms with Crippen LogP contribution < -0.4 is 16.0 Å². The number of carbonyl (C=O) groups excluding carboxylic acids is 1. The summed E-state index contributed by atoms with van der Waals surface area (Å²) in [5, 5.41) is 9.77. The summed E-state index contributed by atoms with van der Waals surface area (Å²) in [5.74, 6) is 1.72. The lowest BCUT2D eigenvalue weighted by Gasteiger charge is -2.31. The Morgan fingerprint density at radius 1 is 1.28 bits per heavy atom. The SMILES string of the molecule is CCNC(=NCC1CCN(CCOC)CC1)NCC1CC(=O)Nc2ccccc21. The Balaban J connectivity index is 1.51. The molecule has 1 unspecified atom stereocenters. The zero-order chi connectivity index (χ0) is 20.5. The monoisotopic (exact) mass is 401 g/mol. The van der Waals surface area contributed by atoms with E-state index in [1.54, 1.807) is 7.11 Å². The molecule has 1 aromatic carbocycles. The van der Waals surface area contributed by atoms with Gasteiger partial charge in [0.15, 0.2) is 5.96 Å². The number of hydrogen-bond donors (Lipinski definition) is 3. The minimum absolute atomic E-state index is 0.0812. The van der Waals surface area contributed by atoms with E-state index in [1.807, 2.05) is 18.2 Å². The second kappa shape index (κ2) is 11.2. The van der Waals surface area contributed by atoms with Crippen molar-refractivity contribution in [2.45, 2.75) is 32.1 Å². The van der Waals surface area contributed by atoms with Crippen molar-refractivity contribution in [2.75, 3.05) is 58.3 Å². The summed E-state index contributed by atoms with van der Waals surface area (Å²) in [6.45, 7) is 8.52. The van der Waals surface area contributed by atoms with Gasteiger partial charge in [0.25, 0.3) is 0 Å². The minimum Gasteiger partial charge on any atom is -0.383 e. The number of methoxy groups -OCH3 is 1. The number of aliphatic imine (C=N–C) groups is 1. The van der Waals surface area contributed by atoms with Gasteiger partial charge in [-0.25, -0.2) is 0 Å². The van der Waals surface area contributed by atoms with Gasteiger partial charge in [0, 0.05) is 51.3 Å². The summed E-state index contributed by atoms with van der Waals surface area (Å²) in [4.78, 5) is 19.3. The molecule has 29 heavy (non-hydrogen) atoms. The third-order valence-corrected chi connectivity index (χ3v) is 5.79. The lowest BCUT2D eigenvalue weighted by Crippen LogP contribution is -2.41. The third-order valence-electron chi connectivity index (χ3n) is 5.79.